The van der Waals surface area contributed by atoms with Gasteiger partial charge in [0.25, 0.3) is 0 Å². The molecule has 1 aliphatic heterocycles. The summed E-state index contributed by atoms with van der Waals surface area (Å²) in [5.41, 5.74) is 3.53. The van der Waals surface area contributed by atoms with Gasteiger partial charge in [-0.1, -0.05) is 12.1 Å². The highest BCUT2D eigenvalue weighted by Gasteiger charge is 2.22. The number of ether oxygens (including phenoxy) is 3. The van der Waals surface area contributed by atoms with E-state index in [-0.39, 0.29) is 12.4 Å². The minimum atomic E-state index is 0. The van der Waals surface area contributed by atoms with Gasteiger partial charge in [0.15, 0.2) is 11.5 Å². The second kappa shape index (κ2) is 9.95. The number of halogens is 1. The Labute approximate surface area is 189 Å². The number of fused-ring (bicyclic) bond motifs is 1. The zero-order valence-electron chi connectivity index (χ0n) is 18.2. The highest BCUT2D eigenvalue weighted by Crippen LogP contribution is 2.41. The molecule has 1 aromatic heterocycles. The van der Waals surface area contributed by atoms with Crippen LogP contribution >= 0.6 is 12.4 Å². The topological polar surface area (TPSA) is 59.7 Å². The Kier molecular flexibility index (Phi) is 7.32. The summed E-state index contributed by atoms with van der Waals surface area (Å²) in [6.07, 6.45) is 2.50. The minimum Gasteiger partial charge on any atom is -0.497 e. The van der Waals surface area contributed by atoms with Gasteiger partial charge in [0.1, 0.15) is 17.5 Å². The first kappa shape index (κ1) is 22.8. The fourth-order valence-electron chi connectivity index (χ4n) is 4.32. The van der Waals surface area contributed by atoms with Gasteiger partial charge in [0, 0.05) is 30.1 Å². The Hall–Kier alpha value is -2.88. The molecule has 1 fully saturated rings. The van der Waals surface area contributed by atoms with Gasteiger partial charge >= 0.3 is 0 Å². The van der Waals surface area contributed by atoms with E-state index in [4.69, 9.17) is 14.2 Å². The second-order valence-corrected chi connectivity index (χ2v) is 7.49. The van der Waals surface area contributed by atoms with Crippen molar-refractivity contribution in [1.82, 2.24) is 9.47 Å². The third-order valence-corrected chi connectivity index (χ3v) is 5.89. The van der Waals surface area contributed by atoms with Crippen LogP contribution < -0.4 is 14.2 Å². The van der Waals surface area contributed by atoms with Crippen LogP contribution in [-0.2, 0) is 6.54 Å². The van der Waals surface area contributed by atoms with E-state index >= 15 is 0 Å². The van der Waals surface area contributed by atoms with Crippen LogP contribution in [0.3, 0.4) is 0 Å². The first-order valence-corrected chi connectivity index (χ1v) is 10.2. The quantitative estimate of drug-likeness (QED) is 0.530. The molecule has 0 atom stereocenters. The van der Waals surface area contributed by atoms with Crippen molar-refractivity contribution in [3.63, 3.8) is 0 Å². The van der Waals surface area contributed by atoms with Gasteiger partial charge < -0.3 is 23.7 Å². The van der Waals surface area contributed by atoms with Crippen LogP contribution in [0.4, 0.5) is 0 Å². The number of benzene rings is 2. The molecule has 31 heavy (non-hydrogen) atoms. The maximum Gasteiger partial charge on any atom is 0.162 e. The number of methoxy groups -OCH3 is 3. The van der Waals surface area contributed by atoms with Gasteiger partial charge in [-0.25, -0.2) is 0 Å². The first-order chi connectivity index (χ1) is 14.7. The lowest BCUT2D eigenvalue weighted by Crippen LogP contribution is -2.24. The smallest absolute Gasteiger partial charge is 0.162 e. The Morgan fingerprint density at radius 2 is 1.55 bits per heavy atom. The average molecular weight is 442 g/mol. The SMILES string of the molecule is COc1ccc(-c2c(C#N)n(CCN3CCCC3)c3cc(OC)c(OC)cc23)cc1.Cl. The van der Waals surface area contributed by atoms with Gasteiger partial charge in [0.05, 0.1) is 26.8 Å². The largest absolute Gasteiger partial charge is 0.497 e. The van der Waals surface area contributed by atoms with Crippen molar-refractivity contribution < 1.29 is 14.2 Å². The van der Waals surface area contributed by atoms with Gasteiger partial charge in [-0.3, -0.25) is 0 Å². The molecule has 1 saturated heterocycles. The molecule has 2 aromatic carbocycles. The third kappa shape index (κ3) is 4.30. The first-order valence-electron chi connectivity index (χ1n) is 10.2. The summed E-state index contributed by atoms with van der Waals surface area (Å²) in [5, 5.41) is 11.1. The number of hydrogen-bond acceptors (Lipinski definition) is 5. The molecule has 0 unspecified atom stereocenters. The van der Waals surface area contributed by atoms with Crippen molar-refractivity contribution in [2.24, 2.45) is 0 Å². The van der Waals surface area contributed by atoms with Gasteiger partial charge in [-0.2, -0.15) is 5.26 Å². The summed E-state index contributed by atoms with van der Waals surface area (Å²) in [7, 11) is 4.92. The van der Waals surface area contributed by atoms with Crippen molar-refractivity contribution >= 4 is 23.3 Å². The number of hydrogen-bond donors (Lipinski definition) is 0. The predicted octanol–water partition coefficient (Wildman–Crippen LogP) is 4.72. The van der Waals surface area contributed by atoms with Crippen molar-refractivity contribution in [3.05, 3.63) is 42.1 Å². The zero-order chi connectivity index (χ0) is 21.1. The standard InChI is InChI=1S/C24H27N3O3.ClH/c1-28-18-8-6-17(7-9-18)24-19-14-22(29-2)23(30-3)15-20(19)27(21(24)16-25)13-12-26-10-4-5-11-26;/h6-9,14-15H,4-5,10-13H2,1-3H3;1H. The highest BCUT2D eigenvalue weighted by atomic mass is 35.5. The van der Waals surface area contributed by atoms with Crippen LogP contribution in [-0.4, -0.2) is 50.4 Å². The molecule has 0 radical (unpaired) electrons. The molecule has 4 rings (SSSR count). The summed E-state index contributed by atoms with van der Waals surface area (Å²) in [4.78, 5) is 2.46. The molecule has 0 saturated carbocycles. The minimum absolute atomic E-state index is 0. The van der Waals surface area contributed by atoms with Crippen molar-refractivity contribution in [3.8, 4) is 34.4 Å². The molecule has 1 aliphatic rings. The van der Waals surface area contributed by atoms with E-state index in [1.165, 1.54) is 12.8 Å². The van der Waals surface area contributed by atoms with Crippen LogP contribution in [0.15, 0.2) is 36.4 Å². The van der Waals surface area contributed by atoms with E-state index in [0.29, 0.717) is 17.2 Å². The van der Waals surface area contributed by atoms with Crippen molar-refractivity contribution in [2.75, 3.05) is 41.0 Å². The molecule has 164 valence electrons. The zero-order valence-corrected chi connectivity index (χ0v) is 19.0. The number of nitrogens with zero attached hydrogens (tertiary/aromatic N) is 3. The molecule has 0 spiro atoms. The Bertz CT molecular complexity index is 1080. The molecule has 0 aliphatic carbocycles. The summed E-state index contributed by atoms with van der Waals surface area (Å²) in [5.74, 6) is 2.10. The molecule has 2 heterocycles. The van der Waals surface area contributed by atoms with Crippen LogP contribution in [0, 0.1) is 11.3 Å². The normalized spacial score (nSPS) is 13.6. The van der Waals surface area contributed by atoms with E-state index in [2.05, 4.69) is 15.5 Å². The molecule has 7 heteroatoms. The average Bonchev–Trinajstić information content (AvgIpc) is 3.42. The van der Waals surface area contributed by atoms with Crippen LogP contribution in [0.1, 0.15) is 18.5 Å². The number of likely N-dealkylation sites (tertiary alicyclic amines) is 1. The fourth-order valence-corrected chi connectivity index (χ4v) is 4.32. The van der Waals surface area contributed by atoms with Crippen LogP contribution in [0.5, 0.6) is 17.2 Å². The number of rotatable bonds is 7. The third-order valence-electron chi connectivity index (χ3n) is 5.89. The van der Waals surface area contributed by atoms with Gasteiger partial charge in [0.2, 0.25) is 0 Å². The lowest BCUT2D eigenvalue weighted by atomic mass is 10.0. The number of aromatic nitrogens is 1. The number of nitriles is 1. The maximum atomic E-state index is 10.1. The van der Waals surface area contributed by atoms with Gasteiger partial charge in [-0.05, 0) is 49.7 Å². The summed E-state index contributed by atoms with van der Waals surface area (Å²) in [6, 6.07) is 14.2. The molecule has 0 bridgehead atoms. The molecule has 0 amide bonds. The van der Waals surface area contributed by atoms with E-state index < -0.39 is 0 Å². The maximum absolute atomic E-state index is 10.1. The molecule has 3 aromatic rings. The van der Waals surface area contributed by atoms with E-state index in [0.717, 1.165) is 54.0 Å². The monoisotopic (exact) mass is 441 g/mol. The molecular weight excluding hydrogens is 414 g/mol. The lowest BCUT2D eigenvalue weighted by molar-refractivity contribution is 0.324. The molecule has 6 nitrogen and oxygen atoms in total. The van der Waals surface area contributed by atoms with E-state index in [1.807, 2.05) is 36.4 Å². The fraction of sp³-hybridized carbons (Fsp3) is 0.375. The Morgan fingerprint density at radius 3 is 2.13 bits per heavy atom. The summed E-state index contributed by atoms with van der Waals surface area (Å²) >= 11 is 0. The Balaban J connectivity index is 0.00000272. The van der Waals surface area contributed by atoms with Crippen molar-refractivity contribution in [2.45, 2.75) is 19.4 Å². The van der Waals surface area contributed by atoms with Crippen LogP contribution in [0.25, 0.3) is 22.0 Å². The van der Waals surface area contributed by atoms with E-state index in [9.17, 15) is 5.26 Å². The molecular formula is C24H28ClN3O3. The highest BCUT2D eigenvalue weighted by molar-refractivity contribution is 6.01. The van der Waals surface area contributed by atoms with Crippen molar-refractivity contribution in [1.29, 1.82) is 5.26 Å². The predicted molar refractivity (Wildman–Crippen MR) is 125 cm³/mol. The second-order valence-electron chi connectivity index (χ2n) is 7.49. The van der Waals surface area contributed by atoms with E-state index in [1.54, 1.807) is 21.3 Å². The van der Waals surface area contributed by atoms with Gasteiger partial charge in [-0.15, -0.1) is 12.4 Å². The van der Waals surface area contributed by atoms with Crippen LogP contribution in [0.2, 0.25) is 0 Å². The summed E-state index contributed by atoms with van der Waals surface area (Å²) < 4.78 is 18.5. The Morgan fingerprint density at radius 1 is 0.903 bits per heavy atom. The lowest BCUT2D eigenvalue weighted by Gasteiger charge is -2.16. The molecule has 0 N–H and O–H groups in total. The summed E-state index contributed by atoms with van der Waals surface area (Å²) in [6.45, 7) is 3.94.